The van der Waals surface area contributed by atoms with Gasteiger partial charge >= 0.3 is 0 Å². The number of hydrogen-bond acceptors (Lipinski definition) is 3. The molecule has 1 aromatic rings. The van der Waals surface area contributed by atoms with Gasteiger partial charge in [-0.25, -0.2) is 0 Å². The van der Waals surface area contributed by atoms with E-state index in [0.29, 0.717) is 23.7 Å². The molecule has 0 saturated heterocycles. The topological polar surface area (TPSA) is 39.2 Å². The Labute approximate surface area is 108 Å². The molecular weight excluding hydrogens is 226 g/mol. The molecule has 0 amide bonds. The first-order valence-electron chi connectivity index (χ1n) is 6.78. The molecule has 3 rings (SSSR count). The lowest BCUT2D eigenvalue weighted by atomic mass is 9.84. The van der Waals surface area contributed by atoms with Gasteiger partial charge in [-0.3, -0.25) is 9.78 Å². The molecule has 1 heterocycles. The second kappa shape index (κ2) is 4.71. The van der Waals surface area contributed by atoms with Gasteiger partial charge in [-0.1, -0.05) is 6.42 Å². The summed E-state index contributed by atoms with van der Waals surface area (Å²) in [6.07, 6.45) is 9.31. The minimum Gasteiger partial charge on any atom is -0.495 e. The number of ketones is 1. The Morgan fingerprint density at radius 1 is 1.39 bits per heavy atom. The minimum absolute atomic E-state index is 0.221. The summed E-state index contributed by atoms with van der Waals surface area (Å²) in [5.41, 5.74) is 0.692. The molecule has 0 radical (unpaired) electrons. The van der Waals surface area contributed by atoms with Gasteiger partial charge < -0.3 is 4.74 Å². The zero-order valence-electron chi connectivity index (χ0n) is 10.8. The Balaban J connectivity index is 1.67. The van der Waals surface area contributed by atoms with Crippen molar-refractivity contribution in [1.82, 2.24) is 4.98 Å². The molecule has 0 N–H and O–H groups in total. The van der Waals surface area contributed by atoms with E-state index in [-0.39, 0.29) is 5.78 Å². The van der Waals surface area contributed by atoms with Crippen LogP contribution in [0.4, 0.5) is 0 Å². The van der Waals surface area contributed by atoms with Crippen LogP contribution in [0.2, 0.25) is 0 Å². The second-order valence-corrected chi connectivity index (χ2v) is 5.68. The van der Waals surface area contributed by atoms with E-state index in [9.17, 15) is 4.79 Å². The van der Waals surface area contributed by atoms with Crippen LogP contribution in [0.3, 0.4) is 0 Å². The van der Waals surface area contributed by atoms with Crippen LogP contribution in [-0.2, 0) is 0 Å². The fourth-order valence-electron chi connectivity index (χ4n) is 3.67. The van der Waals surface area contributed by atoms with Gasteiger partial charge in [-0.15, -0.1) is 0 Å². The summed E-state index contributed by atoms with van der Waals surface area (Å²) in [6.45, 7) is 0. The van der Waals surface area contributed by atoms with Crippen molar-refractivity contribution in [3.8, 4) is 5.75 Å². The molecule has 18 heavy (non-hydrogen) atoms. The third-order valence-corrected chi connectivity index (χ3v) is 4.60. The lowest BCUT2D eigenvalue weighted by Crippen LogP contribution is -2.15. The molecule has 2 aliphatic rings. The maximum absolute atomic E-state index is 12.2. The van der Waals surface area contributed by atoms with Crippen LogP contribution in [0, 0.1) is 17.8 Å². The lowest BCUT2D eigenvalue weighted by molar-refractivity contribution is 0.0943. The number of pyridine rings is 1. The molecule has 0 aliphatic heterocycles. The summed E-state index contributed by atoms with van der Waals surface area (Å²) in [7, 11) is 1.60. The highest BCUT2D eigenvalue weighted by molar-refractivity contribution is 5.96. The molecule has 2 aliphatic carbocycles. The van der Waals surface area contributed by atoms with Crippen LogP contribution in [0.1, 0.15) is 42.5 Å². The van der Waals surface area contributed by atoms with Gasteiger partial charge in [0.15, 0.2) is 5.78 Å². The van der Waals surface area contributed by atoms with Crippen LogP contribution in [0.5, 0.6) is 5.75 Å². The summed E-state index contributed by atoms with van der Waals surface area (Å²) in [4.78, 5) is 16.3. The number of Topliss-reactive ketones (excluding diaryl/α,β-unsaturated/α-hetero) is 1. The summed E-state index contributed by atoms with van der Waals surface area (Å²) in [5.74, 6) is 3.20. The number of methoxy groups -OCH3 is 1. The standard InChI is InChI=1S/C15H19NO2/c1-18-14-6-13(8-16-9-14)15(17)7-12-5-10-2-3-11(12)4-10/h6,8-12H,2-5,7H2,1H3. The third-order valence-electron chi connectivity index (χ3n) is 4.60. The molecule has 3 heteroatoms. The van der Waals surface area contributed by atoms with E-state index < -0.39 is 0 Å². The Morgan fingerprint density at radius 3 is 2.94 bits per heavy atom. The molecule has 2 fully saturated rings. The quantitative estimate of drug-likeness (QED) is 0.765. The molecule has 3 nitrogen and oxygen atoms in total. The molecule has 96 valence electrons. The van der Waals surface area contributed by atoms with Crippen LogP contribution < -0.4 is 4.74 Å². The maximum atomic E-state index is 12.2. The summed E-state index contributed by atoms with van der Waals surface area (Å²) in [6, 6.07) is 1.79. The van der Waals surface area contributed by atoms with Crippen LogP contribution in [0.25, 0.3) is 0 Å². The molecule has 2 bridgehead atoms. The van der Waals surface area contributed by atoms with Crippen molar-refractivity contribution in [2.24, 2.45) is 17.8 Å². The number of aromatic nitrogens is 1. The van der Waals surface area contributed by atoms with Gasteiger partial charge in [0, 0.05) is 18.2 Å². The van der Waals surface area contributed by atoms with E-state index in [1.165, 1.54) is 25.7 Å². The van der Waals surface area contributed by atoms with Gasteiger partial charge in [-0.2, -0.15) is 0 Å². The highest BCUT2D eigenvalue weighted by Gasteiger charge is 2.40. The monoisotopic (exact) mass is 245 g/mol. The van der Waals surface area contributed by atoms with E-state index in [0.717, 1.165) is 11.8 Å². The Morgan fingerprint density at radius 2 is 2.28 bits per heavy atom. The number of carbonyl (C=O) groups excluding carboxylic acids is 1. The van der Waals surface area contributed by atoms with Crippen molar-refractivity contribution in [3.05, 3.63) is 24.0 Å². The number of fused-ring (bicyclic) bond motifs is 2. The Kier molecular flexibility index (Phi) is 3.06. The number of ether oxygens (including phenoxy) is 1. The first-order chi connectivity index (χ1) is 8.76. The van der Waals surface area contributed by atoms with Crippen molar-refractivity contribution >= 4 is 5.78 Å². The van der Waals surface area contributed by atoms with Gasteiger partial charge in [-0.05, 0) is 43.1 Å². The van der Waals surface area contributed by atoms with E-state index in [1.807, 2.05) is 0 Å². The van der Waals surface area contributed by atoms with Crippen molar-refractivity contribution in [3.63, 3.8) is 0 Å². The third kappa shape index (κ3) is 2.14. The molecule has 3 unspecified atom stereocenters. The van der Waals surface area contributed by atoms with Gasteiger partial charge in [0.25, 0.3) is 0 Å². The van der Waals surface area contributed by atoms with Crippen LogP contribution in [-0.4, -0.2) is 17.9 Å². The van der Waals surface area contributed by atoms with E-state index in [1.54, 1.807) is 25.6 Å². The fraction of sp³-hybridized carbons (Fsp3) is 0.600. The lowest BCUT2D eigenvalue weighted by Gasteiger charge is -2.20. The SMILES string of the molecule is COc1cncc(C(=O)CC2CC3CCC2C3)c1. The van der Waals surface area contributed by atoms with Gasteiger partial charge in [0.1, 0.15) is 5.75 Å². The average molecular weight is 245 g/mol. The Hall–Kier alpha value is -1.38. The Bertz CT molecular complexity index is 458. The summed E-state index contributed by atoms with van der Waals surface area (Å²) >= 11 is 0. The molecule has 3 atom stereocenters. The number of hydrogen-bond donors (Lipinski definition) is 0. The number of rotatable bonds is 4. The molecule has 0 aromatic carbocycles. The van der Waals surface area contributed by atoms with E-state index in [2.05, 4.69) is 4.98 Å². The summed E-state index contributed by atoms with van der Waals surface area (Å²) < 4.78 is 5.11. The first-order valence-corrected chi connectivity index (χ1v) is 6.78. The van der Waals surface area contributed by atoms with Gasteiger partial charge in [0.2, 0.25) is 0 Å². The smallest absolute Gasteiger partial charge is 0.164 e. The zero-order chi connectivity index (χ0) is 12.5. The molecule has 0 spiro atoms. The predicted molar refractivity (Wildman–Crippen MR) is 68.7 cm³/mol. The second-order valence-electron chi connectivity index (χ2n) is 5.68. The van der Waals surface area contributed by atoms with Crippen LogP contribution >= 0.6 is 0 Å². The largest absolute Gasteiger partial charge is 0.495 e. The number of nitrogens with zero attached hydrogens (tertiary/aromatic N) is 1. The summed E-state index contributed by atoms with van der Waals surface area (Å²) in [5, 5.41) is 0. The highest BCUT2D eigenvalue weighted by atomic mass is 16.5. The maximum Gasteiger partial charge on any atom is 0.164 e. The molecular formula is C15H19NO2. The van der Waals surface area contributed by atoms with E-state index >= 15 is 0 Å². The van der Waals surface area contributed by atoms with Crippen LogP contribution in [0.15, 0.2) is 18.5 Å². The van der Waals surface area contributed by atoms with Crippen molar-refractivity contribution in [2.45, 2.75) is 32.1 Å². The number of carbonyl (C=O) groups is 1. The molecule has 2 saturated carbocycles. The van der Waals surface area contributed by atoms with E-state index in [4.69, 9.17) is 4.74 Å². The molecule has 1 aromatic heterocycles. The normalized spacial score (nSPS) is 29.5. The average Bonchev–Trinajstić information content (AvgIpc) is 3.01. The fourth-order valence-corrected chi connectivity index (χ4v) is 3.67. The first kappa shape index (κ1) is 11.7. The minimum atomic E-state index is 0.221. The highest BCUT2D eigenvalue weighted by Crippen LogP contribution is 2.49. The predicted octanol–water partition coefficient (Wildman–Crippen LogP) is 3.10. The van der Waals surface area contributed by atoms with Crippen molar-refractivity contribution < 1.29 is 9.53 Å². The van der Waals surface area contributed by atoms with Crippen molar-refractivity contribution in [1.29, 1.82) is 0 Å². The zero-order valence-corrected chi connectivity index (χ0v) is 10.8. The van der Waals surface area contributed by atoms with Crippen molar-refractivity contribution in [2.75, 3.05) is 7.11 Å². The van der Waals surface area contributed by atoms with Gasteiger partial charge in [0.05, 0.1) is 13.3 Å².